The Morgan fingerprint density at radius 2 is 2.09 bits per heavy atom. The van der Waals surface area contributed by atoms with E-state index in [1.54, 1.807) is 10.7 Å². The van der Waals surface area contributed by atoms with Gasteiger partial charge in [0.05, 0.1) is 12.2 Å². The second-order valence-electron chi connectivity index (χ2n) is 5.90. The molecule has 0 amide bonds. The van der Waals surface area contributed by atoms with Gasteiger partial charge in [0.15, 0.2) is 5.65 Å². The van der Waals surface area contributed by atoms with E-state index in [0.29, 0.717) is 5.56 Å². The predicted octanol–water partition coefficient (Wildman–Crippen LogP) is 3.66. The summed E-state index contributed by atoms with van der Waals surface area (Å²) in [5.74, 6) is -0.0135. The van der Waals surface area contributed by atoms with Crippen molar-refractivity contribution in [2.45, 2.75) is 25.8 Å². The van der Waals surface area contributed by atoms with Crippen LogP contribution in [0.2, 0.25) is 0 Å². The van der Waals surface area contributed by atoms with Crippen LogP contribution in [0.1, 0.15) is 30.0 Å². The van der Waals surface area contributed by atoms with Crippen molar-refractivity contribution in [1.82, 2.24) is 14.6 Å². The van der Waals surface area contributed by atoms with Gasteiger partial charge in [0.25, 0.3) is 0 Å². The van der Waals surface area contributed by atoms with Crippen LogP contribution in [0, 0.1) is 18.6 Å². The Morgan fingerprint density at radius 3 is 2.96 bits per heavy atom. The molecule has 0 unspecified atom stereocenters. The topological polar surface area (TPSA) is 33.4 Å². The lowest BCUT2D eigenvalue weighted by Crippen LogP contribution is -2.24. The number of hydrogen-bond donors (Lipinski definition) is 0. The highest BCUT2D eigenvalue weighted by Crippen LogP contribution is 2.36. The van der Waals surface area contributed by atoms with Crippen LogP contribution in [0.4, 0.5) is 14.6 Å². The first-order valence-corrected chi connectivity index (χ1v) is 7.66. The van der Waals surface area contributed by atoms with Crippen molar-refractivity contribution >= 4 is 11.5 Å². The minimum atomic E-state index is -0.414. The number of rotatable bonds is 2. The van der Waals surface area contributed by atoms with Crippen molar-refractivity contribution in [2.24, 2.45) is 0 Å². The lowest BCUT2D eigenvalue weighted by molar-refractivity contribution is 0.560. The van der Waals surface area contributed by atoms with Crippen LogP contribution in [0.5, 0.6) is 0 Å². The van der Waals surface area contributed by atoms with E-state index in [4.69, 9.17) is 0 Å². The van der Waals surface area contributed by atoms with E-state index in [-0.39, 0.29) is 11.9 Å². The van der Waals surface area contributed by atoms with Crippen molar-refractivity contribution < 1.29 is 8.78 Å². The molecule has 0 bridgehead atoms. The van der Waals surface area contributed by atoms with Gasteiger partial charge in [-0.3, -0.25) is 0 Å². The van der Waals surface area contributed by atoms with Crippen LogP contribution in [0.3, 0.4) is 0 Å². The largest absolute Gasteiger partial charge is 0.349 e. The third-order valence-electron chi connectivity index (χ3n) is 4.39. The zero-order chi connectivity index (χ0) is 16.0. The molecule has 1 aliphatic heterocycles. The van der Waals surface area contributed by atoms with E-state index in [0.717, 1.165) is 42.5 Å². The van der Waals surface area contributed by atoms with Gasteiger partial charge in [0, 0.05) is 23.9 Å². The van der Waals surface area contributed by atoms with Gasteiger partial charge in [-0.15, -0.1) is 0 Å². The molecule has 118 valence electrons. The molecular weight excluding hydrogens is 298 g/mol. The zero-order valence-corrected chi connectivity index (χ0v) is 12.7. The van der Waals surface area contributed by atoms with Crippen LogP contribution in [-0.2, 0) is 0 Å². The average molecular weight is 314 g/mol. The summed E-state index contributed by atoms with van der Waals surface area (Å²) in [7, 11) is 0. The highest BCUT2D eigenvalue weighted by molar-refractivity contribution is 5.53. The molecule has 3 heterocycles. The molecule has 0 spiro atoms. The van der Waals surface area contributed by atoms with Crippen molar-refractivity contribution in [3.05, 3.63) is 59.4 Å². The third-order valence-corrected chi connectivity index (χ3v) is 4.39. The predicted molar refractivity (Wildman–Crippen MR) is 83.4 cm³/mol. The van der Waals surface area contributed by atoms with Gasteiger partial charge >= 0.3 is 0 Å². The van der Waals surface area contributed by atoms with E-state index < -0.39 is 5.82 Å². The summed E-state index contributed by atoms with van der Waals surface area (Å²) in [6, 6.07) is 5.32. The smallest absolute Gasteiger partial charge is 0.160 e. The number of fused-ring (bicyclic) bond motifs is 1. The number of halogens is 2. The molecule has 4 nitrogen and oxygen atoms in total. The molecule has 4 rings (SSSR count). The van der Waals surface area contributed by atoms with E-state index in [2.05, 4.69) is 10.1 Å². The Labute approximate surface area is 132 Å². The molecule has 0 N–H and O–H groups in total. The first-order chi connectivity index (χ1) is 11.1. The first-order valence-electron chi connectivity index (χ1n) is 7.66. The van der Waals surface area contributed by atoms with E-state index in [1.807, 2.05) is 24.1 Å². The maximum Gasteiger partial charge on any atom is 0.160 e. The molecule has 1 fully saturated rings. The van der Waals surface area contributed by atoms with Crippen molar-refractivity contribution in [1.29, 1.82) is 0 Å². The fourth-order valence-electron chi connectivity index (χ4n) is 3.27. The monoisotopic (exact) mass is 314 g/mol. The summed E-state index contributed by atoms with van der Waals surface area (Å²) in [4.78, 5) is 6.70. The maximum absolute atomic E-state index is 14.2. The fraction of sp³-hybridized carbons (Fsp3) is 0.294. The van der Waals surface area contributed by atoms with Gasteiger partial charge in [0.2, 0.25) is 0 Å². The highest BCUT2D eigenvalue weighted by atomic mass is 19.1. The van der Waals surface area contributed by atoms with E-state index in [9.17, 15) is 8.78 Å². The average Bonchev–Trinajstić information content (AvgIpc) is 3.17. The van der Waals surface area contributed by atoms with Crippen LogP contribution in [0.25, 0.3) is 5.65 Å². The second-order valence-corrected chi connectivity index (χ2v) is 5.90. The molecule has 23 heavy (non-hydrogen) atoms. The quantitative estimate of drug-likeness (QED) is 0.724. The van der Waals surface area contributed by atoms with Crippen LogP contribution >= 0.6 is 0 Å². The van der Waals surface area contributed by atoms with Crippen molar-refractivity contribution in [2.75, 3.05) is 11.4 Å². The zero-order valence-electron chi connectivity index (χ0n) is 12.7. The molecule has 1 aromatic carbocycles. The summed E-state index contributed by atoms with van der Waals surface area (Å²) in [6.07, 6.45) is 5.32. The van der Waals surface area contributed by atoms with E-state index >= 15 is 0 Å². The maximum atomic E-state index is 14.2. The molecule has 0 aliphatic carbocycles. The number of hydrogen-bond acceptors (Lipinski definition) is 3. The summed E-state index contributed by atoms with van der Waals surface area (Å²) < 4.78 is 29.4. The number of anilines is 1. The van der Waals surface area contributed by atoms with E-state index in [1.165, 1.54) is 12.1 Å². The summed E-state index contributed by atoms with van der Waals surface area (Å²) in [5, 5.41) is 4.21. The summed E-state index contributed by atoms with van der Waals surface area (Å²) >= 11 is 0. The Morgan fingerprint density at radius 1 is 1.22 bits per heavy atom. The Kier molecular flexibility index (Phi) is 3.25. The minimum Gasteiger partial charge on any atom is -0.349 e. The lowest BCUT2D eigenvalue weighted by atomic mass is 10.0. The number of benzene rings is 1. The fourth-order valence-corrected chi connectivity index (χ4v) is 3.27. The molecule has 6 heteroatoms. The highest BCUT2D eigenvalue weighted by Gasteiger charge is 2.29. The number of aromatic nitrogens is 3. The van der Waals surface area contributed by atoms with Gasteiger partial charge in [-0.2, -0.15) is 5.10 Å². The molecule has 1 atom stereocenters. The summed E-state index contributed by atoms with van der Waals surface area (Å²) in [5.41, 5.74) is 2.17. The van der Waals surface area contributed by atoms with Gasteiger partial charge < -0.3 is 4.90 Å². The Hall–Kier alpha value is -2.50. The third kappa shape index (κ3) is 2.34. The van der Waals surface area contributed by atoms with Crippen LogP contribution < -0.4 is 4.90 Å². The molecule has 0 saturated carbocycles. The minimum absolute atomic E-state index is 0.191. The SMILES string of the molecule is Cc1cnn2ccc(N3CCC[C@@H]3c3cc(F)ccc3F)nc12. The molecule has 2 aromatic heterocycles. The molecule has 3 aromatic rings. The Bertz CT molecular complexity index is 874. The van der Waals surface area contributed by atoms with Gasteiger partial charge in [-0.25, -0.2) is 18.3 Å². The molecule has 1 saturated heterocycles. The standard InChI is InChI=1S/C17H16F2N4/c1-11-10-20-23-8-6-16(21-17(11)23)22-7-2-3-15(22)13-9-12(18)4-5-14(13)19/h4-6,8-10,15H,2-3,7H2,1H3/t15-/m1/s1. The second kappa shape index (κ2) is 5.30. The number of aryl methyl sites for hydroxylation is 1. The molecule has 1 aliphatic rings. The van der Waals surface area contributed by atoms with Crippen molar-refractivity contribution in [3.8, 4) is 0 Å². The van der Waals surface area contributed by atoms with Gasteiger partial charge in [0.1, 0.15) is 17.5 Å². The summed E-state index contributed by atoms with van der Waals surface area (Å²) in [6.45, 7) is 2.73. The lowest BCUT2D eigenvalue weighted by Gasteiger charge is -2.26. The van der Waals surface area contributed by atoms with Gasteiger partial charge in [-0.05, 0) is 44.0 Å². The normalized spacial score (nSPS) is 18.0. The van der Waals surface area contributed by atoms with Crippen LogP contribution in [-0.4, -0.2) is 21.1 Å². The molecular formula is C17H16F2N4. The first kappa shape index (κ1) is 14.1. The van der Waals surface area contributed by atoms with Crippen molar-refractivity contribution in [3.63, 3.8) is 0 Å². The molecule has 0 radical (unpaired) electrons. The number of nitrogens with zero attached hydrogens (tertiary/aromatic N) is 4. The van der Waals surface area contributed by atoms with Crippen LogP contribution in [0.15, 0.2) is 36.7 Å². The Balaban J connectivity index is 1.76. The van der Waals surface area contributed by atoms with Gasteiger partial charge in [-0.1, -0.05) is 0 Å².